The fourth-order valence-electron chi connectivity index (χ4n) is 2.04. The van der Waals surface area contributed by atoms with E-state index in [4.69, 9.17) is 10.5 Å². The summed E-state index contributed by atoms with van der Waals surface area (Å²) in [5, 5.41) is 5.59. The summed E-state index contributed by atoms with van der Waals surface area (Å²) in [7, 11) is 0. The van der Waals surface area contributed by atoms with Gasteiger partial charge in [0, 0.05) is 18.9 Å². The summed E-state index contributed by atoms with van der Waals surface area (Å²) in [6.07, 6.45) is 3.83. The van der Waals surface area contributed by atoms with Gasteiger partial charge in [0.2, 0.25) is 0 Å². The number of hydrogen-bond donors (Lipinski definition) is 1. The molecule has 1 saturated heterocycles. The van der Waals surface area contributed by atoms with E-state index in [-0.39, 0.29) is 0 Å². The van der Waals surface area contributed by atoms with Gasteiger partial charge < -0.3 is 10.5 Å². The van der Waals surface area contributed by atoms with E-state index < -0.39 is 0 Å². The first-order valence-electron chi connectivity index (χ1n) is 6.29. The van der Waals surface area contributed by atoms with Crippen molar-refractivity contribution in [2.45, 2.75) is 50.8 Å². The van der Waals surface area contributed by atoms with Crippen molar-refractivity contribution >= 4 is 17.4 Å². The minimum Gasteiger partial charge on any atom is -0.395 e. The van der Waals surface area contributed by atoms with Crippen molar-refractivity contribution in [2.75, 3.05) is 18.1 Å². The van der Waals surface area contributed by atoms with Gasteiger partial charge in [0.05, 0.1) is 17.5 Å². The maximum Gasteiger partial charge on any atom is 0.117 e. The molecule has 2 heterocycles. The van der Waals surface area contributed by atoms with E-state index in [0.717, 1.165) is 41.7 Å². The molecule has 1 aromatic heterocycles. The summed E-state index contributed by atoms with van der Waals surface area (Å²) < 4.78 is 7.66. The van der Waals surface area contributed by atoms with Gasteiger partial charge in [-0.25, -0.2) is 0 Å². The van der Waals surface area contributed by atoms with Gasteiger partial charge in [-0.05, 0) is 26.2 Å². The van der Waals surface area contributed by atoms with Crippen LogP contribution in [0.2, 0.25) is 0 Å². The monoisotopic (exact) mass is 255 g/mol. The first-order chi connectivity index (χ1) is 8.22. The summed E-state index contributed by atoms with van der Waals surface area (Å²) in [4.78, 5) is 0. The van der Waals surface area contributed by atoms with Crippen molar-refractivity contribution in [3.05, 3.63) is 5.69 Å². The Morgan fingerprint density at radius 2 is 2.41 bits per heavy atom. The third-order valence-electron chi connectivity index (χ3n) is 2.99. The topological polar surface area (TPSA) is 53.1 Å². The minimum absolute atomic E-state index is 0.393. The summed E-state index contributed by atoms with van der Waals surface area (Å²) >= 11 is 1.78. The Labute approximate surface area is 107 Å². The average molecular weight is 255 g/mol. The van der Waals surface area contributed by atoms with Gasteiger partial charge in [0.25, 0.3) is 0 Å². The minimum atomic E-state index is 0.393. The molecular weight excluding hydrogens is 234 g/mol. The zero-order chi connectivity index (χ0) is 12.3. The lowest BCUT2D eigenvalue weighted by Gasteiger charge is -2.10. The smallest absolute Gasteiger partial charge is 0.117 e. The molecule has 1 unspecified atom stereocenters. The second-order valence-corrected chi connectivity index (χ2v) is 5.48. The third kappa shape index (κ3) is 2.96. The van der Waals surface area contributed by atoms with Crippen molar-refractivity contribution in [1.82, 2.24) is 9.78 Å². The van der Waals surface area contributed by atoms with Crippen LogP contribution < -0.4 is 5.73 Å². The SMILES string of the molecule is CCCn1nc(C)c(N)c1SCC1CCCO1. The Morgan fingerprint density at radius 3 is 3.06 bits per heavy atom. The molecule has 1 aliphatic rings. The highest BCUT2D eigenvalue weighted by Gasteiger charge is 2.19. The summed E-state index contributed by atoms with van der Waals surface area (Å²) in [6.45, 7) is 5.97. The van der Waals surface area contributed by atoms with Crippen LogP contribution >= 0.6 is 11.8 Å². The van der Waals surface area contributed by atoms with E-state index in [2.05, 4.69) is 12.0 Å². The molecule has 0 amide bonds. The molecule has 0 aliphatic carbocycles. The number of aromatic nitrogens is 2. The first kappa shape index (κ1) is 12.8. The highest BCUT2D eigenvalue weighted by atomic mass is 32.2. The van der Waals surface area contributed by atoms with E-state index in [9.17, 15) is 0 Å². The van der Waals surface area contributed by atoms with Crippen LogP contribution in [0.4, 0.5) is 5.69 Å². The molecule has 5 heteroatoms. The Morgan fingerprint density at radius 1 is 1.59 bits per heavy atom. The molecule has 1 aliphatic heterocycles. The van der Waals surface area contributed by atoms with Crippen LogP contribution in [0.1, 0.15) is 31.9 Å². The molecule has 0 aromatic carbocycles. The van der Waals surface area contributed by atoms with E-state index in [1.165, 1.54) is 12.8 Å². The molecule has 0 saturated carbocycles. The second kappa shape index (κ2) is 5.78. The standard InChI is InChI=1S/C12H21N3OS/c1-3-6-15-12(11(13)9(2)14-15)17-8-10-5-4-7-16-10/h10H,3-8,13H2,1-2H3. The molecule has 1 atom stereocenters. The van der Waals surface area contributed by atoms with Gasteiger partial charge in [0.15, 0.2) is 0 Å². The molecule has 4 nitrogen and oxygen atoms in total. The number of nitrogens with zero attached hydrogens (tertiary/aromatic N) is 2. The lowest BCUT2D eigenvalue weighted by molar-refractivity contribution is 0.129. The number of rotatable bonds is 5. The quantitative estimate of drug-likeness (QED) is 0.821. The third-order valence-corrected chi connectivity index (χ3v) is 4.23. The van der Waals surface area contributed by atoms with Crippen LogP contribution in [0.3, 0.4) is 0 Å². The number of nitrogen functional groups attached to an aromatic ring is 1. The van der Waals surface area contributed by atoms with Gasteiger partial charge in [-0.3, -0.25) is 4.68 Å². The van der Waals surface area contributed by atoms with Gasteiger partial charge in [-0.2, -0.15) is 5.10 Å². The predicted molar refractivity (Wildman–Crippen MR) is 71.4 cm³/mol. The summed E-state index contributed by atoms with van der Waals surface area (Å²) in [5.74, 6) is 0.985. The van der Waals surface area contributed by atoms with Crippen LogP contribution in [-0.4, -0.2) is 28.2 Å². The molecule has 0 spiro atoms. The van der Waals surface area contributed by atoms with Gasteiger partial charge in [-0.15, -0.1) is 11.8 Å². The average Bonchev–Trinajstić information content (AvgIpc) is 2.89. The Hall–Kier alpha value is -0.680. The van der Waals surface area contributed by atoms with Crippen molar-refractivity contribution in [1.29, 1.82) is 0 Å². The highest BCUT2D eigenvalue weighted by Crippen LogP contribution is 2.30. The van der Waals surface area contributed by atoms with Crippen molar-refractivity contribution in [3.8, 4) is 0 Å². The van der Waals surface area contributed by atoms with Gasteiger partial charge in [-0.1, -0.05) is 6.92 Å². The van der Waals surface area contributed by atoms with E-state index in [0.29, 0.717) is 6.10 Å². The molecule has 17 heavy (non-hydrogen) atoms. The van der Waals surface area contributed by atoms with Gasteiger partial charge in [0.1, 0.15) is 5.03 Å². The molecule has 2 N–H and O–H groups in total. The second-order valence-electron chi connectivity index (χ2n) is 4.47. The number of anilines is 1. The molecule has 1 fully saturated rings. The zero-order valence-electron chi connectivity index (χ0n) is 10.6. The normalized spacial score (nSPS) is 20.0. The highest BCUT2D eigenvalue weighted by molar-refractivity contribution is 7.99. The number of thioether (sulfide) groups is 1. The van der Waals surface area contributed by atoms with Crippen molar-refractivity contribution in [2.24, 2.45) is 0 Å². The first-order valence-corrected chi connectivity index (χ1v) is 7.28. The van der Waals surface area contributed by atoms with Crippen LogP contribution in [0.15, 0.2) is 5.03 Å². The van der Waals surface area contributed by atoms with Crippen molar-refractivity contribution in [3.63, 3.8) is 0 Å². The molecule has 0 radical (unpaired) electrons. The lowest BCUT2D eigenvalue weighted by Crippen LogP contribution is -2.09. The summed E-state index contributed by atoms with van der Waals surface area (Å²) in [6, 6.07) is 0. The molecule has 2 rings (SSSR count). The predicted octanol–water partition coefficient (Wildman–Crippen LogP) is 2.45. The number of ether oxygens (including phenoxy) is 1. The molecule has 0 bridgehead atoms. The Balaban J connectivity index is 2.02. The Kier molecular flexibility index (Phi) is 4.34. The lowest BCUT2D eigenvalue weighted by atomic mass is 10.3. The van der Waals surface area contributed by atoms with E-state index in [1.807, 2.05) is 11.6 Å². The maximum atomic E-state index is 6.07. The molecular formula is C12H21N3OS. The van der Waals surface area contributed by atoms with E-state index in [1.54, 1.807) is 11.8 Å². The van der Waals surface area contributed by atoms with E-state index >= 15 is 0 Å². The largest absolute Gasteiger partial charge is 0.395 e. The van der Waals surface area contributed by atoms with Crippen molar-refractivity contribution < 1.29 is 4.74 Å². The van der Waals surface area contributed by atoms with Gasteiger partial charge >= 0.3 is 0 Å². The van der Waals surface area contributed by atoms with Crippen LogP contribution in [-0.2, 0) is 11.3 Å². The summed E-state index contributed by atoms with van der Waals surface area (Å²) in [5.41, 5.74) is 7.85. The zero-order valence-corrected chi connectivity index (χ0v) is 11.4. The maximum absolute atomic E-state index is 6.07. The van der Waals surface area contributed by atoms with Crippen LogP contribution in [0.5, 0.6) is 0 Å². The fraction of sp³-hybridized carbons (Fsp3) is 0.750. The van der Waals surface area contributed by atoms with Crippen LogP contribution in [0.25, 0.3) is 0 Å². The Bertz CT molecular complexity index is 372. The number of hydrogen-bond acceptors (Lipinski definition) is 4. The fourth-order valence-corrected chi connectivity index (χ4v) is 3.23. The number of aryl methyl sites for hydroxylation is 2. The molecule has 1 aromatic rings. The van der Waals surface area contributed by atoms with Crippen LogP contribution in [0, 0.1) is 6.92 Å². The number of nitrogens with two attached hydrogens (primary N) is 1. The molecule has 96 valence electrons.